The van der Waals surface area contributed by atoms with Gasteiger partial charge in [0.1, 0.15) is 5.37 Å². The summed E-state index contributed by atoms with van der Waals surface area (Å²) in [6.07, 6.45) is 3.26. The Hall–Kier alpha value is -1.30. The Bertz CT molecular complexity index is 332. The van der Waals surface area contributed by atoms with Crippen LogP contribution < -0.4 is 5.73 Å². The van der Waals surface area contributed by atoms with Gasteiger partial charge >= 0.3 is 0 Å². The molecular formula is C9H11F2N3S. The minimum atomic E-state index is -1.83. The van der Waals surface area contributed by atoms with Crippen LogP contribution >= 0.6 is 11.8 Å². The van der Waals surface area contributed by atoms with Gasteiger partial charge in [-0.1, -0.05) is 0 Å². The number of nitrogens with two attached hydrogens (primary N) is 1. The van der Waals surface area contributed by atoms with E-state index in [0.29, 0.717) is 11.8 Å². The van der Waals surface area contributed by atoms with Crippen molar-refractivity contribution in [1.29, 1.82) is 0 Å². The van der Waals surface area contributed by atoms with Crippen molar-refractivity contribution in [2.24, 2.45) is 10.7 Å². The molecule has 0 aromatic heterocycles. The summed E-state index contributed by atoms with van der Waals surface area (Å²) in [7, 11) is 1.88. The van der Waals surface area contributed by atoms with Crippen LogP contribution in [0.1, 0.15) is 0 Å². The predicted octanol–water partition coefficient (Wildman–Crippen LogP) is 2.11. The molecule has 3 nitrogen and oxygen atoms in total. The Kier molecular flexibility index (Phi) is 4.36. The minimum absolute atomic E-state index is 0.00909. The van der Waals surface area contributed by atoms with Gasteiger partial charge in [-0.3, -0.25) is 4.99 Å². The van der Waals surface area contributed by atoms with Crippen LogP contribution in [0, 0.1) is 0 Å². The van der Waals surface area contributed by atoms with E-state index in [9.17, 15) is 8.78 Å². The van der Waals surface area contributed by atoms with E-state index in [4.69, 9.17) is 5.73 Å². The maximum atomic E-state index is 11.7. The average molecular weight is 231 g/mol. The van der Waals surface area contributed by atoms with Crippen LogP contribution in [-0.2, 0) is 0 Å². The van der Waals surface area contributed by atoms with Crippen LogP contribution in [0.5, 0.6) is 0 Å². The van der Waals surface area contributed by atoms with Crippen LogP contribution in [0.15, 0.2) is 40.7 Å². The van der Waals surface area contributed by atoms with Crippen LogP contribution in [-0.4, -0.2) is 23.5 Å². The predicted molar refractivity (Wildman–Crippen MR) is 59.3 cm³/mol. The molecule has 1 rings (SSSR count). The van der Waals surface area contributed by atoms with Gasteiger partial charge in [0.2, 0.25) is 0 Å². The lowest BCUT2D eigenvalue weighted by Crippen LogP contribution is -2.23. The number of hydrogen-bond donors (Lipinski definition) is 1. The van der Waals surface area contributed by atoms with Crippen molar-refractivity contribution in [2.75, 3.05) is 7.05 Å². The second-order valence-corrected chi connectivity index (χ2v) is 3.79. The fourth-order valence-electron chi connectivity index (χ4n) is 1.06. The van der Waals surface area contributed by atoms with Crippen molar-refractivity contribution in [3.63, 3.8) is 0 Å². The molecule has 0 fully saturated rings. The molecule has 82 valence electrons. The highest BCUT2D eigenvalue weighted by atomic mass is 32.2. The van der Waals surface area contributed by atoms with Gasteiger partial charge in [0.15, 0.2) is 0 Å². The van der Waals surface area contributed by atoms with Crippen LogP contribution in [0.2, 0.25) is 0 Å². The van der Waals surface area contributed by atoms with E-state index in [-0.39, 0.29) is 5.37 Å². The Morgan fingerprint density at radius 1 is 1.60 bits per heavy atom. The zero-order valence-corrected chi connectivity index (χ0v) is 8.92. The molecule has 1 unspecified atom stereocenters. The van der Waals surface area contributed by atoms with Crippen LogP contribution in [0.3, 0.4) is 0 Å². The fraction of sp³-hybridized carbons (Fsp3) is 0.222. The highest BCUT2D eigenvalue weighted by molar-refractivity contribution is 8.03. The second-order valence-electron chi connectivity index (χ2n) is 2.80. The number of rotatable bonds is 3. The van der Waals surface area contributed by atoms with Crippen molar-refractivity contribution in [2.45, 2.75) is 5.37 Å². The summed E-state index contributed by atoms with van der Waals surface area (Å²) in [6, 6.07) is 0. The van der Waals surface area contributed by atoms with Gasteiger partial charge in [-0.05, 0) is 5.41 Å². The second kappa shape index (κ2) is 5.55. The molecule has 15 heavy (non-hydrogen) atoms. The normalized spacial score (nSPS) is 21.4. The maximum Gasteiger partial charge on any atom is 0.288 e. The van der Waals surface area contributed by atoms with Gasteiger partial charge in [0, 0.05) is 31.2 Å². The van der Waals surface area contributed by atoms with E-state index in [1.165, 1.54) is 24.2 Å². The number of thioether (sulfide) groups is 1. The molecule has 0 spiro atoms. The minimum Gasteiger partial charge on any atom is -0.404 e. The Morgan fingerprint density at radius 3 is 2.80 bits per heavy atom. The third kappa shape index (κ3) is 3.39. The van der Waals surface area contributed by atoms with Gasteiger partial charge < -0.3 is 10.6 Å². The van der Waals surface area contributed by atoms with E-state index in [1.807, 2.05) is 23.6 Å². The first-order valence-electron chi connectivity index (χ1n) is 4.15. The lowest BCUT2D eigenvalue weighted by atomic mass is 10.3. The summed E-state index contributed by atoms with van der Waals surface area (Å²) in [6.45, 7) is 0. The molecule has 2 N–H and O–H groups in total. The van der Waals surface area contributed by atoms with Crippen molar-refractivity contribution in [1.82, 2.24) is 4.90 Å². The van der Waals surface area contributed by atoms with E-state index in [2.05, 4.69) is 4.99 Å². The zero-order chi connectivity index (χ0) is 11.3. The third-order valence-electron chi connectivity index (χ3n) is 1.75. The average Bonchev–Trinajstić information content (AvgIpc) is 2.59. The molecule has 1 atom stereocenters. The molecule has 0 bridgehead atoms. The molecule has 0 aromatic rings. The fourth-order valence-corrected chi connectivity index (χ4v) is 2.03. The van der Waals surface area contributed by atoms with Crippen molar-refractivity contribution < 1.29 is 8.78 Å². The van der Waals surface area contributed by atoms with Crippen molar-refractivity contribution in [3.8, 4) is 0 Å². The standard InChI is InChI=1S/C9H11F2N3S/c1-14-2-3-15-9(14)7(4-12)5-13-6-8(10)11/h2-6,9H,12H2,1H3/b7-4+,13-5?. The highest BCUT2D eigenvalue weighted by Gasteiger charge is 2.19. The molecule has 0 radical (unpaired) electrons. The molecule has 0 aliphatic carbocycles. The number of aliphatic imine (C=N–C) groups is 1. The van der Waals surface area contributed by atoms with Crippen molar-refractivity contribution in [3.05, 3.63) is 35.7 Å². The molecule has 0 saturated carbocycles. The first kappa shape index (κ1) is 11.8. The smallest absolute Gasteiger partial charge is 0.288 e. The van der Waals surface area contributed by atoms with E-state index in [0.717, 1.165) is 0 Å². The van der Waals surface area contributed by atoms with Gasteiger partial charge in [-0.25, -0.2) is 0 Å². The largest absolute Gasteiger partial charge is 0.404 e. The molecule has 1 heterocycles. The number of likely N-dealkylation sites (N-methyl/N-ethyl adjacent to an activating group) is 1. The van der Waals surface area contributed by atoms with Gasteiger partial charge in [0.25, 0.3) is 6.08 Å². The van der Waals surface area contributed by atoms with Gasteiger partial charge in [-0.15, -0.1) is 11.8 Å². The molecule has 0 amide bonds. The van der Waals surface area contributed by atoms with Gasteiger partial charge in [0.05, 0.1) is 6.20 Å². The maximum absolute atomic E-state index is 11.7. The quantitative estimate of drug-likeness (QED) is 0.756. The Labute approximate surface area is 91.0 Å². The molecule has 6 heteroatoms. The number of nitrogens with zero attached hydrogens (tertiary/aromatic N) is 2. The Balaban J connectivity index is 2.66. The highest BCUT2D eigenvalue weighted by Crippen LogP contribution is 2.28. The topological polar surface area (TPSA) is 41.6 Å². The molecular weight excluding hydrogens is 220 g/mol. The first-order valence-corrected chi connectivity index (χ1v) is 5.09. The van der Waals surface area contributed by atoms with E-state index < -0.39 is 6.08 Å². The lowest BCUT2D eigenvalue weighted by molar-refractivity contribution is 0.419. The number of halogens is 2. The monoisotopic (exact) mass is 231 g/mol. The summed E-state index contributed by atoms with van der Waals surface area (Å²) in [4.78, 5) is 5.39. The molecule has 0 saturated heterocycles. The Morgan fingerprint density at radius 2 is 2.33 bits per heavy atom. The van der Waals surface area contributed by atoms with E-state index in [1.54, 1.807) is 0 Å². The molecule has 1 aliphatic rings. The molecule has 1 aliphatic heterocycles. The van der Waals surface area contributed by atoms with Gasteiger partial charge in [-0.2, -0.15) is 8.78 Å². The van der Waals surface area contributed by atoms with Crippen molar-refractivity contribution >= 4 is 18.0 Å². The zero-order valence-electron chi connectivity index (χ0n) is 8.10. The SMILES string of the molecule is CN1C=CSC1/C(C=NC=C(F)F)=C/N. The van der Waals surface area contributed by atoms with E-state index >= 15 is 0 Å². The summed E-state index contributed by atoms with van der Waals surface area (Å²) in [5.41, 5.74) is 6.09. The number of hydrogen-bond acceptors (Lipinski definition) is 4. The first-order chi connectivity index (χ1) is 7.15. The van der Waals surface area contributed by atoms with Crippen LogP contribution in [0.25, 0.3) is 0 Å². The summed E-state index contributed by atoms with van der Waals surface area (Å²) in [5.74, 6) is 0. The molecule has 0 aromatic carbocycles. The summed E-state index contributed by atoms with van der Waals surface area (Å²) < 4.78 is 23.4. The van der Waals surface area contributed by atoms with Crippen LogP contribution in [0.4, 0.5) is 8.78 Å². The summed E-state index contributed by atoms with van der Waals surface area (Å²) >= 11 is 1.54. The third-order valence-corrected chi connectivity index (χ3v) is 2.89. The summed E-state index contributed by atoms with van der Waals surface area (Å²) in [5, 5.41) is 1.92. The lowest BCUT2D eigenvalue weighted by Gasteiger charge is -2.19.